The van der Waals surface area contributed by atoms with Gasteiger partial charge in [0.15, 0.2) is 0 Å². The van der Waals surface area contributed by atoms with Crippen molar-refractivity contribution in [2.45, 2.75) is 33.6 Å². The van der Waals surface area contributed by atoms with Gasteiger partial charge >= 0.3 is 0 Å². The molecule has 0 saturated carbocycles. The van der Waals surface area contributed by atoms with Crippen LogP contribution in [0, 0.1) is 6.92 Å². The van der Waals surface area contributed by atoms with E-state index >= 15 is 0 Å². The van der Waals surface area contributed by atoms with E-state index in [9.17, 15) is 0 Å². The summed E-state index contributed by atoms with van der Waals surface area (Å²) in [5.41, 5.74) is 6.31. The average Bonchev–Trinajstić information content (AvgIpc) is 2.38. The Hall–Kier alpha value is -1.63. The van der Waals surface area contributed by atoms with E-state index in [4.69, 9.17) is 4.98 Å². The standard InChI is InChI=1S/C16H19N/c1-4-13-11-12(3)17-16(15(13)5-2)14-9-7-6-8-10-14/h6-11H,4-5H2,1-3H3. The van der Waals surface area contributed by atoms with Crippen LogP contribution in [0.25, 0.3) is 11.3 Å². The molecular formula is C16H19N. The molecule has 2 rings (SSSR count). The molecule has 1 aromatic carbocycles. The van der Waals surface area contributed by atoms with Crippen LogP contribution in [0.2, 0.25) is 0 Å². The Labute approximate surface area is 104 Å². The van der Waals surface area contributed by atoms with Gasteiger partial charge in [-0.3, -0.25) is 4.98 Å². The lowest BCUT2D eigenvalue weighted by Gasteiger charge is -2.13. The van der Waals surface area contributed by atoms with Crippen molar-refractivity contribution in [3.63, 3.8) is 0 Å². The Morgan fingerprint density at radius 3 is 2.29 bits per heavy atom. The first-order chi connectivity index (χ1) is 8.26. The highest BCUT2D eigenvalue weighted by Crippen LogP contribution is 2.25. The average molecular weight is 225 g/mol. The Morgan fingerprint density at radius 1 is 1.00 bits per heavy atom. The SMILES string of the molecule is CCc1cc(C)nc(-c2ccccc2)c1CC. The van der Waals surface area contributed by atoms with Crippen molar-refractivity contribution in [3.05, 3.63) is 53.2 Å². The number of rotatable bonds is 3. The summed E-state index contributed by atoms with van der Waals surface area (Å²) in [5, 5.41) is 0. The number of nitrogens with zero attached hydrogens (tertiary/aromatic N) is 1. The van der Waals surface area contributed by atoms with E-state index in [1.54, 1.807) is 0 Å². The van der Waals surface area contributed by atoms with Crippen molar-refractivity contribution in [1.29, 1.82) is 0 Å². The number of benzene rings is 1. The van der Waals surface area contributed by atoms with Crippen LogP contribution in [-0.2, 0) is 12.8 Å². The van der Waals surface area contributed by atoms with Gasteiger partial charge in [-0.1, -0.05) is 44.2 Å². The van der Waals surface area contributed by atoms with Gasteiger partial charge in [-0.05, 0) is 37.0 Å². The molecule has 1 heteroatoms. The van der Waals surface area contributed by atoms with Gasteiger partial charge in [0.05, 0.1) is 5.69 Å². The van der Waals surface area contributed by atoms with Crippen LogP contribution in [0.3, 0.4) is 0 Å². The molecule has 1 aromatic heterocycles. The molecule has 1 heterocycles. The van der Waals surface area contributed by atoms with E-state index in [0.29, 0.717) is 0 Å². The van der Waals surface area contributed by atoms with Crippen molar-refractivity contribution in [3.8, 4) is 11.3 Å². The first-order valence-electron chi connectivity index (χ1n) is 6.31. The predicted molar refractivity (Wildman–Crippen MR) is 73.2 cm³/mol. The Balaban J connectivity index is 2.64. The molecule has 1 nitrogen and oxygen atoms in total. The maximum Gasteiger partial charge on any atom is 0.0739 e. The third kappa shape index (κ3) is 2.38. The summed E-state index contributed by atoms with van der Waals surface area (Å²) in [6, 6.07) is 12.7. The van der Waals surface area contributed by atoms with Crippen LogP contribution in [0.5, 0.6) is 0 Å². The molecule has 0 unspecified atom stereocenters. The lowest BCUT2D eigenvalue weighted by molar-refractivity contribution is 1.000. The second-order valence-electron chi connectivity index (χ2n) is 4.32. The number of hydrogen-bond acceptors (Lipinski definition) is 1. The summed E-state index contributed by atoms with van der Waals surface area (Å²) in [7, 11) is 0. The molecule has 0 spiro atoms. The fourth-order valence-electron chi connectivity index (χ4n) is 2.31. The zero-order chi connectivity index (χ0) is 12.3. The fraction of sp³-hybridized carbons (Fsp3) is 0.312. The van der Waals surface area contributed by atoms with E-state index in [2.05, 4.69) is 51.1 Å². The smallest absolute Gasteiger partial charge is 0.0739 e. The fourth-order valence-corrected chi connectivity index (χ4v) is 2.31. The first kappa shape index (κ1) is 11.8. The van der Waals surface area contributed by atoms with Crippen LogP contribution in [0.1, 0.15) is 30.7 Å². The van der Waals surface area contributed by atoms with Crippen molar-refractivity contribution in [2.24, 2.45) is 0 Å². The maximum absolute atomic E-state index is 4.72. The summed E-state index contributed by atoms with van der Waals surface area (Å²) in [6.07, 6.45) is 2.12. The van der Waals surface area contributed by atoms with Gasteiger partial charge in [-0.2, -0.15) is 0 Å². The van der Waals surface area contributed by atoms with Gasteiger partial charge in [0.1, 0.15) is 0 Å². The molecule has 0 saturated heterocycles. The van der Waals surface area contributed by atoms with Crippen LogP contribution >= 0.6 is 0 Å². The summed E-state index contributed by atoms with van der Waals surface area (Å²) in [6.45, 7) is 6.49. The van der Waals surface area contributed by atoms with Crippen LogP contribution < -0.4 is 0 Å². The summed E-state index contributed by atoms with van der Waals surface area (Å²) < 4.78 is 0. The Morgan fingerprint density at radius 2 is 1.71 bits per heavy atom. The van der Waals surface area contributed by atoms with E-state index < -0.39 is 0 Å². The van der Waals surface area contributed by atoms with Gasteiger partial charge in [0.2, 0.25) is 0 Å². The molecule has 0 bridgehead atoms. The predicted octanol–water partition coefficient (Wildman–Crippen LogP) is 4.18. The van der Waals surface area contributed by atoms with Gasteiger partial charge < -0.3 is 0 Å². The molecular weight excluding hydrogens is 206 g/mol. The molecule has 0 aliphatic heterocycles. The van der Waals surface area contributed by atoms with Crippen LogP contribution in [0.4, 0.5) is 0 Å². The summed E-state index contributed by atoms with van der Waals surface area (Å²) >= 11 is 0. The molecule has 17 heavy (non-hydrogen) atoms. The molecule has 0 fully saturated rings. The lowest BCUT2D eigenvalue weighted by atomic mass is 9.97. The Bertz CT molecular complexity index is 500. The highest BCUT2D eigenvalue weighted by atomic mass is 14.7. The summed E-state index contributed by atoms with van der Waals surface area (Å²) in [4.78, 5) is 4.72. The lowest BCUT2D eigenvalue weighted by Crippen LogP contribution is -2.00. The highest BCUT2D eigenvalue weighted by molar-refractivity contribution is 5.65. The molecule has 2 aromatic rings. The first-order valence-corrected chi connectivity index (χ1v) is 6.31. The molecule has 0 N–H and O–H groups in total. The molecule has 88 valence electrons. The molecule has 0 atom stereocenters. The van der Waals surface area contributed by atoms with E-state index in [-0.39, 0.29) is 0 Å². The Kier molecular flexibility index (Phi) is 3.58. The van der Waals surface area contributed by atoms with Crippen molar-refractivity contribution in [1.82, 2.24) is 4.98 Å². The number of pyridine rings is 1. The van der Waals surface area contributed by atoms with Crippen molar-refractivity contribution < 1.29 is 0 Å². The minimum atomic E-state index is 1.04. The third-order valence-corrected chi connectivity index (χ3v) is 3.13. The van der Waals surface area contributed by atoms with Gasteiger partial charge in [0.25, 0.3) is 0 Å². The van der Waals surface area contributed by atoms with Crippen molar-refractivity contribution >= 4 is 0 Å². The van der Waals surface area contributed by atoms with Crippen LogP contribution in [-0.4, -0.2) is 4.98 Å². The quantitative estimate of drug-likeness (QED) is 0.763. The minimum absolute atomic E-state index is 1.04. The second-order valence-corrected chi connectivity index (χ2v) is 4.32. The normalized spacial score (nSPS) is 10.5. The maximum atomic E-state index is 4.72. The molecule has 0 aliphatic carbocycles. The van der Waals surface area contributed by atoms with Gasteiger partial charge in [0, 0.05) is 11.3 Å². The molecule has 0 radical (unpaired) electrons. The van der Waals surface area contributed by atoms with Crippen molar-refractivity contribution in [2.75, 3.05) is 0 Å². The summed E-state index contributed by atoms with van der Waals surface area (Å²) in [5.74, 6) is 0. The van der Waals surface area contributed by atoms with E-state index in [1.807, 2.05) is 6.07 Å². The number of aromatic nitrogens is 1. The monoisotopic (exact) mass is 225 g/mol. The highest BCUT2D eigenvalue weighted by Gasteiger charge is 2.10. The topological polar surface area (TPSA) is 12.9 Å². The van der Waals surface area contributed by atoms with E-state index in [1.165, 1.54) is 16.7 Å². The molecule has 0 aliphatic rings. The van der Waals surface area contributed by atoms with Gasteiger partial charge in [-0.25, -0.2) is 0 Å². The number of hydrogen-bond donors (Lipinski definition) is 0. The van der Waals surface area contributed by atoms with Crippen LogP contribution in [0.15, 0.2) is 36.4 Å². The largest absolute Gasteiger partial charge is 0.253 e. The zero-order valence-electron chi connectivity index (χ0n) is 10.8. The van der Waals surface area contributed by atoms with E-state index in [0.717, 1.165) is 24.2 Å². The molecule has 0 amide bonds. The zero-order valence-corrected chi connectivity index (χ0v) is 10.8. The third-order valence-electron chi connectivity index (χ3n) is 3.13. The second kappa shape index (κ2) is 5.13. The number of aryl methyl sites for hydroxylation is 2. The minimum Gasteiger partial charge on any atom is -0.253 e. The van der Waals surface area contributed by atoms with Gasteiger partial charge in [-0.15, -0.1) is 0 Å².